The number of amides is 1. The highest BCUT2D eigenvalue weighted by Gasteiger charge is 2.45. The van der Waals surface area contributed by atoms with E-state index in [2.05, 4.69) is 32.7 Å². The number of nitrogens with one attached hydrogen (secondary N) is 2. The van der Waals surface area contributed by atoms with Crippen molar-refractivity contribution in [1.29, 1.82) is 0 Å². The van der Waals surface area contributed by atoms with Crippen molar-refractivity contribution in [3.05, 3.63) is 47.6 Å². The monoisotopic (exact) mass is 447 g/mol. The maximum absolute atomic E-state index is 13.6. The molecule has 7 heteroatoms. The van der Waals surface area contributed by atoms with Gasteiger partial charge in [0, 0.05) is 24.8 Å². The van der Waals surface area contributed by atoms with E-state index in [9.17, 15) is 4.79 Å². The smallest absolute Gasteiger partial charge is 0.240 e. The Morgan fingerprint density at radius 3 is 2.84 bits per heavy atom. The van der Waals surface area contributed by atoms with Gasteiger partial charge in [0.2, 0.25) is 5.91 Å². The number of fused-ring (bicyclic) bond motifs is 1. The third-order valence-electron chi connectivity index (χ3n) is 7.51. The number of likely N-dealkylation sites (tertiary alicyclic amines) is 1. The topological polar surface area (TPSA) is 70.2 Å². The molecule has 2 aromatic heterocycles. The van der Waals surface area contributed by atoms with Crippen LogP contribution >= 0.6 is 11.3 Å². The van der Waals surface area contributed by atoms with Gasteiger partial charge in [0.15, 0.2) is 0 Å². The van der Waals surface area contributed by atoms with Gasteiger partial charge in [-0.15, -0.1) is 11.3 Å². The van der Waals surface area contributed by atoms with Gasteiger partial charge < -0.3 is 15.5 Å². The van der Waals surface area contributed by atoms with Crippen LogP contribution < -0.4 is 10.6 Å². The second-order valence-electron chi connectivity index (χ2n) is 9.50. The fourth-order valence-corrected chi connectivity index (χ4v) is 6.85. The standard InChI is InChI=1S/C25H29N5OS/c31-24(18-15-25(16-28-18)9-12-26-13-10-25)30-14-4-7-19(30)23-29-22-20(32-23)8-11-27-21(22)17-5-2-1-3-6-17/h1-3,5-6,8,11,18-19,26,28H,4,7,9-10,12-16H2/t18?,19-/m0/s1. The Morgan fingerprint density at radius 1 is 1.16 bits per heavy atom. The van der Waals surface area contributed by atoms with E-state index in [-0.39, 0.29) is 18.0 Å². The predicted octanol–water partition coefficient (Wildman–Crippen LogP) is 3.75. The van der Waals surface area contributed by atoms with Crippen molar-refractivity contribution in [3.8, 4) is 11.3 Å². The third-order valence-corrected chi connectivity index (χ3v) is 8.64. The maximum atomic E-state index is 13.6. The number of thiazole rings is 1. The number of nitrogens with zero attached hydrogens (tertiary/aromatic N) is 3. The number of hydrogen-bond donors (Lipinski definition) is 2. The number of pyridine rings is 1. The highest BCUT2D eigenvalue weighted by molar-refractivity contribution is 7.18. The third kappa shape index (κ3) is 3.52. The van der Waals surface area contributed by atoms with Crippen LogP contribution in [0.15, 0.2) is 42.6 Å². The summed E-state index contributed by atoms with van der Waals surface area (Å²) in [7, 11) is 0. The molecule has 0 radical (unpaired) electrons. The van der Waals surface area contributed by atoms with Crippen molar-refractivity contribution >= 4 is 27.5 Å². The zero-order valence-corrected chi connectivity index (χ0v) is 19.0. The van der Waals surface area contributed by atoms with Gasteiger partial charge in [-0.05, 0) is 56.7 Å². The summed E-state index contributed by atoms with van der Waals surface area (Å²) < 4.78 is 1.14. The summed E-state index contributed by atoms with van der Waals surface area (Å²) >= 11 is 1.71. The average molecular weight is 448 g/mol. The first-order chi connectivity index (χ1) is 15.7. The van der Waals surface area contributed by atoms with Gasteiger partial charge in [-0.2, -0.15) is 0 Å². The molecule has 3 fully saturated rings. The number of rotatable bonds is 3. The molecule has 5 heterocycles. The fourth-order valence-electron chi connectivity index (χ4n) is 5.74. The molecule has 2 N–H and O–H groups in total. The van der Waals surface area contributed by atoms with Crippen LogP contribution in [0.25, 0.3) is 21.5 Å². The molecule has 6 nitrogen and oxygen atoms in total. The molecule has 32 heavy (non-hydrogen) atoms. The zero-order valence-electron chi connectivity index (χ0n) is 18.2. The number of carbonyl (C=O) groups is 1. The largest absolute Gasteiger partial charge is 0.332 e. The summed E-state index contributed by atoms with van der Waals surface area (Å²) in [5.74, 6) is 0.267. The number of benzene rings is 1. The summed E-state index contributed by atoms with van der Waals surface area (Å²) in [6.07, 6.45) is 7.20. The Bertz CT molecular complexity index is 1120. The minimum atomic E-state index is -0.0513. The Labute approximate surface area is 192 Å². The Hall–Kier alpha value is -2.35. The van der Waals surface area contributed by atoms with Crippen LogP contribution in [0, 0.1) is 5.41 Å². The average Bonchev–Trinajstić information content (AvgIpc) is 3.58. The van der Waals surface area contributed by atoms with Gasteiger partial charge in [0.1, 0.15) is 10.5 Å². The number of hydrogen-bond acceptors (Lipinski definition) is 6. The van der Waals surface area contributed by atoms with E-state index >= 15 is 0 Å². The van der Waals surface area contributed by atoms with Crippen molar-refractivity contribution in [2.75, 3.05) is 26.2 Å². The van der Waals surface area contributed by atoms with E-state index in [1.165, 1.54) is 12.8 Å². The molecule has 3 aliphatic heterocycles. The first kappa shape index (κ1) is 20.3. The van der Waals surface area contributed by atoms with Crippen LogP contribution in [0.4, 0.5) is 0 Å². The Morgan fingerprint density at radius 2 is 2.00 bits per heavy atom. The molecule has 1 amide bonds. The van der Waals surface area contributed by atoms with E-state index in [0.717, 1.165) is 71.9 Å². The van der Waals surface area contributed by atoms with Crippen molar-refractivity contribution in [2.24, 2.45) is 5.41 Å². The summed E-state index contributed by atoms with van der Waals surface area (Å²) in [4.78, 5) is 25.4. The molecule has 6 rings (SSSR count). The van der Waals surface area contributed by atoms with Crippen LogP contribution in [0.2, 0.25) is 0 Å². The first-order valence-electron chi connectivity index (χ1n) is 11.8. The SMILES string of the molecule is O=C(C1CC2(CCNCC2)CN1)N1CCC[C@H]1c1nc2c(-c3ccccc3)nccc2s1. The quantitative estimate of drug-likeness (QED) is 0.640. The summed E-state index contributed by atoms with van der Waals surface area (Å²) in [6, 6.07) is 12.3. The van der Waals surface area contributed by atoms with Crippen LogP contribution in [-0.4, -0.2) is 53.0 Å². The number of carbonyl (C=O) groups excluding carboxylic acids is 1. The summed E-state index contributed by atoms with van der Waals surface area (Å²) in [5, 5.41) is 8.08. The highest BCUT2D eigenvalue weighted by atomic mass is 32.1. The molecular formula is C25H29N5OS. The van der Waals surface area contributed by atoms with E-state index < -0.39 is 0 Å². The molecule has 3 aliphatic rings. The molecule has 0 aliphatic carbocycles. The van der Waals surface area contributed by atoms with Gasteiger partial charge in [-0.25, -0.2) is 4.98 Å². The molecule has 3 aromatic rings. The molecule has 2 atom stereocenters. The molecule has 0 bridgehead atoms. The van der Waals surface area contributed by atoms with Gasteiger partial charge >= 0.3 is 0 Å². The first-order valence-corrected chi connectivity index (χ1v) is 12.6. The van der Waals surface area contributed by atoms with Crippen LogP contribution in [-0.2, 0) is 4.79 Å². The van der Waals surface area contributed by atoms with Gasteiger partial charge in [0.25, 0.3) is 0 Å². The maximum Gasteiger partial charge on any atom is 0.240 e. The van der Waals surface area contributed by atoms with E-state index in [1.807, 2.05) is 30.5 Å². The molecular weight excluding hydrogens is 418 g/mol. The van der Waals surface area contributed by atoms with Crippen molar-refractivity contribution in [2.45, 2.75) is 44.2 Å². The van der Waals surface area contributed by atoms with Gasteiger partial charge in [-0.3, -0.25) is 9.78 Å². The molecule has 0 saturated carbocycles. The fraction of sp³-hybridized carbons (Fsp3) is 0.480. The summed E-state index contributed by atoms with van der Waals surface area (Å²) in [5.41, 5.74) is 3.25. The Balaban J connectivity index is 1.26. The summed E-state index contributed by atoms with van der Waals surface area (Å²) in [6.45, 7) is 3.93. The van der Waals surface area contributed by atoms with Crippen molar-refractivity contribution < 1.29 is 4.79 Å². The van der Waals surface area contributed by atoms with Crippen molar-refractivity contribution in [3.63, 3.8) is 0 Å². The molecule has 1 aromatic carbocycles. The zero-order chi connectivity index (χ0) is 21.5. The minimum absolute atomic E-state index is 0.0513. The highest BCUT2D eigenvalue weighted by Crippen LogP contribution is 2.41. The number of aromatic nitrogens is 2. The van der Waals surface area contributed by atoms with Crippen LogP contribution in [0.3, 0.4) is 0 Å². The lowest BCUT2D eigenvalue weighted by molar-refractivity contribution is -0.134. The van der Waals surface area contributed by atoms with E-state index in [4.69, 9.17) is 4.98 Å². The molecule has 1 spiro atoms. The normalized spacial score (nSPS) is 25.1. The lowest BCUT2D eigenvalue weighted by atomic mass is 9.77. The molecule has 3 saturated heterocycles. The molecule has 166 valence electrons. The van der Waals surface area contributed by atoms with Crippen LogP contribution in [0.1, 0.15) is 43.2 Å². The Kier molecular flexibility index (Phi) is 5.20. The van der Waals surface area contributed by atoms with Crippen molar-refractivity contribution in [1.82, 2.24) is 25.5 Å². The van der Waals surface area contributed by atoms with Gasteiger partial charge in [-0.1, -0.05) is 30.3 Å². The lowest BCUT2D eigenvalue weighted by Crippen LogP contribution is -2.43. The van der Waals surface area contributed by atoms with Gasteiger partial charge in [0.05, 0.1) is 22.5 Å². The predicted molar refractivity (Wildman–Crippen MR) is 127 cm³/mol. The minimum Gasteiger partial charge on any atom is -0.332 e. The van der Waals surface area contributed by atoms with Crippen LogP contribution in [0.5, 0.6) is 0 Å². The van der Waals surface area contributed by atoms with E-state index in [1.54, 1.807) is 11.3 Å². The van der Waals surface area contributed by atoms with E-state index in [0.29, 0.717) is 5.41 Å². The lowest BCUT2D eigenvalue weighted by Gasteiger charge is -2.33. The second-order valence-corrected chi connectivity index (χ2v) is 10.6. The second kappa shape index (κ2) is 8.21. The number of piperidine rings is 1. The molecule has 1 unspecified atom stereocenters.